The molecule has 0 aliphatic carbocycles. The molecule has 2 rings (SSSR count). The van der Waals surface area contributed by atoms with Crippen molar-refractivity contribution >= 4 is 5.95 Å². The topological polar surface area (TPSA) is 59.1 Å². The maximum Gasteiger partial charge on any atom is 0.225 e. The lowest BCUT2D eigenvalue weighted by Gasteiger charge is -2.23. The molecule has 1 aliphatic heterocycles. The smallest absolute Gasteiger partial charge is 0.225 e. The van der Waals surface area contributed by atoms with E-state index >= 15 is 0 Å². The van der Waals surface area contributed by atoms with Crippen LogP contribution in [0.25, 0.3) is 0 Å². The summed E-state index contributed by atoms with van der Waals surface area (Å²) < 4.78 is 5.77. The summed E-state index contributed by atoms with van der Waals surface area (Å²) in [4.78, 5) is 8.26. The number of piperidine rings is 1. The Morgan fingerprint density at radius 3 is 3.00 bits per heavy atom. The van der Waals surface area contributed by atoms with Gasteiger partial charge in [0.2, 0.25) is 11.8 Å². The Hall–Kier alpha value is -1.36. The van der Waals surface area contributed by atoms with Gasteiger partial charge in [-0.15, -0.1) is 0 Å². The minimum absolute atomic E-state index is 0.283. The van der Waals surface area contributed by atoms with Gasteiger partial charge in [-0.25, -0.2) is 4.98 Å². The van der Waals surface area contributed by atoms with Crippen molar-refractivity contribution in [3.05, 3.63) is 12.3 Å². The Kier molecular flexibility index (Phi) is 3.34. The third kappa shape index (κ3) is 2.79. The highest BCUT2D eigenvalue weighted by Crippen LogP contribution is 2.14. The number of nitrogens with one attached hydrogen (secondary N) is 2. The molecule has 2 heterocycles. The molecule has 2 N–H and O–H groups in total. The van der Waals surface area contributed by atoms with Gasteiger partial charge in [-0.05, 0) is 25.9 Å². The summed E-state index contributed by atoms with van der Waals surface area (Å²) in [7, 11) is 1.80. The minimum Gasteiger partial charge on any atom is -0.474 e. The molecule has 1 fully saturated rings. The molecule has 82 valence electrons. The highest BCUT2D eigenvalue weighted by Gasteiger charge is 2.14. The zero-order valence-corrected chi connectivity index (χ0v) is 8.86. The first kappa shape index (κ1) is 10.2. The first-order chi connectivity index (χ1) is 7.38. The van der Waals surface area contributed by atoms with Gasteiger partial charge < -0.3 is 15.4 Å². The molecule has 5 nitrogen and oxygen atoms in total. The molecule has 1 aromatic heterocycles. The van der Waals surface area contributed by atoms with E-state index in [2.05, 4.69) is 20.6 Å². The van der Waals surface area contributed by atoms with Gasteiger partial charge in [0, 0.05) is 19.3 Å². The SMILES string of the molecule is CNc1nccc(OC2CCNCC2)n1. The summed E-state index contributed by atoms with van der Waals surface area (Å²) in [5.74, 6) is 1.25. The molecule has 15 heavy (non-hydrogen) atoms. The highest BCUT2D eigenvalue weighted by atomic mass is 16.5. The van der Waals surface area contributed by atoms with Crippen LogP contribution < -0.4 is 15.4 Å². The van der Waals surface area contributed by atoms with Gasteiger partial charge >= 0.3 is 0 Å². The molecular weight excluding hydrogens is 192 g/mol. The number of aromatic nitrogens is 2. The first-order valence-corrected chi connectivity index (χ1v) is 5.26. The van der Waals surface area contributed by atoms with Crippen LogP contribution in [0, 0.1) is 0 Å². The average molecular weight is 208 g/mol. The van der Waals surface area contributed by atoms with Gasteiger partial charge in [0.25, 0.3) is 0 Å². The van der Waals surface area contributed by atoms with Crippen molar-refractivity contribution in [2.45, 2.75) is 18.9 Å². The second-order valence-electron chi connectivity index (χ2n) is 3.54. The molecule has 1 saturated heterocycles. The lowest BCUT2D eigenvalue weighted by atomic mass is 10.1. The van der Waals surface area contributed by atoms with E-state index in [0.29, 0.717) is 11.8 Å². The van der Waals surface area contributed by atoms with Crippen LogP contribution in [0.15, 0.2) is 12.3 Å². The van der Waals surface area contributed by atoms with E-state index in [1.165, 1.54) is 0 Å². The van der Waals surface area contributed by atoms with Gasteiger partial charge in [0.15, 0.2) is 0 Å². The van der Waals surface area contributed by atoms with Crippen LogP contribution in [0.1, 0.15) is 12.8 Å². The van der Waals surface area contributed by atoms with Crippen molar-refractivity contribution < 1.29 is 4.74 Å². The van der Waals surface area contributed by atoms with Gasteiger partial charge in [-0.1, -0.05) is 0 Å². The highest BCUT2D eigenvalue weighted by molar-refractivity contribution is 5.26. The van der Waals surface area contributed by atoms with E-state index in [4.69, 9.17) is 4.74 Å². The van der Waals surface area contributed by atoms with Gasteiger partial charge in [0.05, 0.1) is 0 Å². The summed E-state index contributed by atoms with van der Waals surface area (Å²) in [5, 5.41) is 6.19. The summed E-state index contributed by atoms with van der Waals surface area (Å²) in [6.45, 7) is 2.04. The Balaban J connectivity index is 1.96. The lowest BCUT2D eigenvalue weighted by Crippen LogP contribution is -2.34. The van der Waals surface area contributed by atoms with Crippen LogP contribution in [0.4, 0.5) is 5.95 Å². The predicted octanol–water partition coefficient (Wildman–Crippen LogP) is 0.649. The van der Waals surface area contributed by atoms with Crippen molar-refractivity contribution in [2.75, 3.05) is 25.5 Å². The first-order valence-electron chi connectivity index (χ1n) is 5.26. The molecule has 0 bridgehead atoms. The molecular formula is C10H16N4O. The zero-order valence-electron chi connectivity index (χ0n) is 8.86. The van der Waals surface area contributed by atoms with Crippen LogP contribution in [0.2, 0.25) is 0 Å². The third-order valence-corrected chi connectivity index (χ3v) is 2.43. The average Bonchev–Trinajstić information content (AvgIpc) is 2.31. The Labute approximate surface area is 89.3 Å². The lowest BCUT2D eigenvalue weighted by molar-refractivity contribution is 0.156. The van der Waals surface area contributed by atoms with E-state index in [1.54, 1.807) is 19.3 Å². The number of nitrogens with zero attached hydrogens (tertiary/aromatic N) is 2. The van der Waals surface area contributed by atoms with Crippen molar-refractivity contribution in [3.8, 4) is 5.88 Å². The van der Waals surface area contributed by atoms with Crippen LogP contribution in [-0.4, -0.2) is 36.2 Å². The summed E-state index contributed by atoms with van der Waals surface area (Å²) >= 11 is 0. The Bertz CT molecular complexity index is 312. The molecule has 0 spiro atoms. The van der Waals surface area contributed by atoms with E-state index in [1.807, 2.05) is 0 Å². The van der Waals surface area contributed by atoms with Crippen molar-refractivity contribution in [3.63, 3.8) is 0 Å². The Morgan fingerprint density at radius 1 is 1.47 bits per heavy atom. The summed E-state index contributed by atoms with van der Waals surface area (Å²) in [5.41, 5.74) is 0. The maximum absolute atomic E-state index is 5.77. The van der Waals surface area contributed by atoms with Gasteiger partial charge in [-0.3, -0.25) is 0 Å². The fourth-order valence-corrected chi connectivity index (χ4v) is 1.61. The maximum atomic E-state index is 5.77. The monoisotopic (exact) mass is 208 g/mol. The molecule has 0 atom stereocenters. The fraction of sp³-hybridized carbons (Fsp3) is 0.600. The second kappa shape index (κ2) is 4.93. The second-order valence-corrected chi connectivity index (χ2v) is 3.54. The summed E-state index contributed by atoms with van der Waals surface area (Å²) in [6.07, 6.45) is 4.07. The molecule has 1 aliphatic rings. The van der Waals surface area contributed by atoms with Crippen LogP contribution >= 0.6 is 0 Å². The molecule has 0 amide bonds. The van der Waals surface area contributed by atoms with Crippen LogP contribution in [-0.2, 0) is 0 Å². The quantitative estimate of drug-likeness (QED) is 0.763. The number of rotatable bonds is 3. The molecule has 5 heteroatoms. The predicted molar refractivity (Wildman–Crippen MR) is 58.1 cm³/mol. The van der Waals surface area contributed by atoms with Crippen molar-refractivity contribution in [1.29, 1.82) is 0 Å². The van der Waals surface area contributed by atoms with Crippen molar-refractivity contribution in [2.24, 2.45) is 0 Å². The number of anilines is 1. The third-order valence-electron chi connectivity index (χ3n) is 2.43. The van der Waals surface area contributed by atoms with Crippen LogP contribution in [0.5, 0.6) is 5.88 Å². The van der Waals surface area contributed by atoms with E-state index in [-0.39, 0.29) is 6.10 Å². The normalized spacial score (nSPS) is 17.4. The molecule has 0 unspecified atom stereocenters. The largest absolute Gasteiger partial charge is 0.474 e. The molecule has 1 aromatic rings. The Morgan fingerprint density at radius 2 is 2.27 bits per heavy atom. The van der Waals surface area contributed by atoms with Gasteiger partial charge in [0.1, 0.15) is 6.10 Å². The van der Waals surface area contributed by atoms with E-state index in [9.17, 15) is 0 Å². The van der Waals surface area contributed by atoms with Gasteiger partial charge in [-0.2, -0.15) is 4.98 Å². The summed E-state index contributed by atoms with van der Waals surface area (Å²) in [6, 6.07) is 1.79. The fourth-order valence-electron chi connectivity index (χ4n) is 1.61. The standard InChI is InChI=1S/C10H16N4O/c1-11-10-13-7-4-9(14-10)15-8-2-5-12-6-3-8/h4,7-8,12H,2-3,5-6H2,1H3,(H,11,13,14). The van der Waals surface area contributed by atoms with E-state index < -0.39 is 0 Å². The number of hydrogen-bond acceptors (Lipinski definition) is 5. The van der Waals surface area contributed by atoms with Crippen LogP contribution in [0.3, 0.4) is 0 Å². The molecule has 0 aromatic carbocycles. The number of hydrogen-bond donors (Lipinski definition) is 2. The molecule has 0 saturated carbocycles. The minimum atomic E-state index is 0.283. The van der Waals surface area contributed by atoms with Crippen molar-refractivity contribution in [1.82, 2.24) is 15.3 Å². The number of ether oxygens (including phenoxy) is 1. The zero-order chi connectivity index (χ0) is 10.5. The van der Waals surface area contributed by atoms with E-state index in [0.717, 1.165) is 25.9 Å². The molecule has 0 radical (unpaired) electrons.